The van der Waals surface area contributed by atoms with E-state index in [1.54, 1.807) is 21.3 Å². The van der Waals surface area contributed by atoms with Crippen LogP contribution in [0.2, 0.25) is 0 Å². The molecule has 0 aromatic heterocycles. The Morgan fingerprint density at radius 3 is 2.35 bits per heavy atom. The molecule has 0 atom stereocenters. The highest BCUT2D eigenvalue weighted by Gasteiger charge is 2.16. The molecule has 1 N–H and O–H groups in total. The smallest absolute Gasteiger partial charge is 0.161 e. The molecule has 0 aliphatic heterocycles. The van der Waals surface area contributed by atoms with E-state index in [1.807, 2.05) is 12.1 Å². The Bertz CT molecular complexity index is 405. The molecule has 20 heavy (non-hydrogen) atoms. The minimum absolute atomic E-state index is 0.229. The number of hydrogen-bond acceptors (Lipinski definition) is 4. The SMILES string of the molecule is COCCC(C)(C)CNCc1ccc(OC)c(OC)c1. The number of methoxy groups -OCH3 is 3. The maximum atomic E-state index is 5.31. The molecule has 4 nitrogen and oxygen atoms in total. The topological polar surface area (TPSA) is 39.7 Å². The van der Waals surface area contributed by atoms with E-state index >= 15 is 0 Å². The zero-order valence-electron chi connectivity index (χ0n) is 13.3. The second kappa shape index (κ2) is 8.12. The Balaban J connectivity index is 2.49. The number of nitrogens with one attached hydrogen (secondary N) is 1. The van der Waals surface area contributed by atoms with Crippen LogP contribution in [0.3, 0.4) is 0 Å². The van der Waals surface area contributed by atoms with Crippen molar-refractivity contribution < 1.29 is 14.2 Å². The fraction of sp³-hybridized carbons (Fsp3) is 0.625. The molecule has 4 heteroatoms. The Hall–Kier alpha value is -1.26. The molecule has 0 saturated carbocycles. The maximum Gasteiger partial charge on any atom is 0.161 e. The molecule has 0 amide bonds. The summed E-state index contributed by atoms with van der Waals surface area (Å²) < 4.78 is 15.7. The molecule has 1 rings (SSSR count). The van der Waals surface area contributed by atoms with Gasteiger partial charge in [0.05, 0.1) is 14.2 Å². The molecule has 0 unspecified atom stereocenters. The van der Waals surface area contributed by atoms with Crippen LogP contribution in [0.4, 0.5) is 0 Å². The van der Waals surface area contributed by atoms with E-state index in [0.29, 0.717) is 0 Å². The van der Waals surface area contributed by atoms with E-state index in [9.17, 15) is 0 Å². The third-order valence-electron chi connectivity index (χ3n) is 3.36. The lowest BCUT2D eigenvalue weighted by Gasteiger charge is -2.24. The van der Waals surface area contributed by atoms with Gasteiger partial charge in [0.1, 0.15) is 0 Å². The fourth-order valence-corrected chi connectivity index (χ4v) is 2.00. The number of ether oxygens (including phenoxy) is 3. The van der Waals surface area contributed by atoms with Crippen LogP contribution in [0, 0.1) is 5.41 Å². The van der Waals surface area contributed by atoms with E-state index in [1.165, 1.54) is 5.56 Å². The summed E-state index contributed by atoms with van der Waals surface area (Å²) in [6.07, 6.45) is 1.04. The first-order valence-electron chi connectivity index (χ1n) is 6.93. The van der Waals surface area contributed by atoms with Gasteiger partial charge in [-0.2, -0.15) is 0 Å². The highest BCUT2D eigenvalue weighted by molar-refractivity contribution is 5.42. The first-order valence-corrected chi connectivity index (χ1v) is 6.93. The lowest BCUT2D eigenvalue weighted by atomic mass is 9.89. The molecule has 0 heterocycles. The van der Waals surface area contributed by atoms with Crippen LogP contribution in [-0.2, 0) is 11.3 Å². The zero-order chi connectivity index (χ0) is 15.0. The quantitative estimate of drug-likeness (QED) is 0.755. The Morgan fingerprint density at radius 2 is 1.75 bits per heavy atom. The first kappa shape index (κ1) is 16.8. The number of benzene rings is 1. The predicted octanol–water partition coefficient (Wildman–Crippen LogP) is 2.86. The van der Waals surface area contributed by atoms with Crippen LogP contribution < -0.4 is 14.8 Å². The molecule has 0 fully saturated rings. The van der Waals surface area contributed by atoms with Gasteiger partial charge in [0.2, 0.25) is 0 Å². The van der Waals surface area contributed by atoms with Crippen LogP contribution in [0.25, 0.3) is 0 Å². The van der Waals surface area contributed by atoms with Crippen LogP contribution in [0.5, 0.6) is 11.5 Å². The van der Waals surface area contributed by atoms with E-state index in [4.69, 9.17) is 14.2 Å². The third-order valence-corrected chi connectivity index (χ3v) is 3.36. The van der Waals surface area contributed by atoms with Gasteiger partial charge in [-0.15, -0.1) is 0 Å². The summed E-state index contributed by atoms with van der Waals surface area (Å²) in [5.74, 6) is 1.53. The van der Waals surface area contributed by atoms with Gasteiger partial charge in [-0.05, 0) is 29.5 Å². The van der Waals surface area contributed by atoms with Crippen LogP contribution >= 0.6 is 0 Å². The highest BCUT2D eigenvalue weighted by atomic mass is 16.5. The van der Waals surface area contributed by atoms with Gasteiger partial charge < -0.3 is 19.5 Å². The van der Waals surface area contributed by atoms with Gasteiger partial charge in [-0.25, -0.2) is 0 Å². The lowest BCUT2D eigenvalue weighted by Crippen LogP contribution is -2.30. The average Bonchev–Trinajstić information content (AvgIpc) is 2.44. The molecule has 1 aromatic carbocycles. The first-order chi connectivity index (χ1) is 9.52. The molecular formula is C16H27NO3. The molecule has 1 aromatic rings. The van der Waals surface area contributed by atoms with Crippen molar-refractivity contribution in [2.24, 2.45) is 5.41 Å². The summed E-state index contributed by atoms with van der Waals surface area (Å²) in [6.45, 7) is 7.05. The van der Waals surface area contributed by atoms with Crippen LogP contribution in [0.15, 0.2) is 18.2 Å². The summed E-state index contributed by atoms with van der Waals surface area (Å²) in [6, 6.07) is 6.00. The zero-order valence-corrected chi connectivity index (χ0v) is 13.3. The normalized spacial score (nSPS) is 11.4. The van der Waals surface area contributed by atoms with Gasteiger partial charge >= 0.3 is 0 Å². The van der Waals surface area contributed by atoms with Crippen LogP contribution in [-0.4, -0.2) is 34.5 Å². The lowest BCUT2D eigenvalue weighted by molar-refractivity contribution is 0.150. The summed E-state index contributed by atoms with van der Waals surface area (Å²) in [4.78, 5) is 0. The van der Waals surface area contributed by atoms with E-state index in [-0.39, 0.29) is 5.41 Å². The van der Waals surface area contributed by atoms with Crippen molar-refractivity contribution in [1.29, 1.82) is 0 Å². The Labute approximate surface area is 122 Å². The molecule has 0 aliphatic carbocycles. The second-order valence-electron chi connectivity index (χ2n) is 5.70. The Morgan fingerprint density at radius 1 is 1.05 bits per heavy atom. The molecule has 0 radical (unpaired) electrons. The van der Waals surface area contributed by atoms with Crippen molar-refractivity contribution in [3.63, 3.8) is 0 Å². The van der Waals surface area contributed by atoms with Crippen molar-refractivity contribution in [2.75, 3.05) is 34.5 Å². The highest BCUT2D eigenvalue weighted by Crippen LogP contribution is 2.27. The molecule has 0 saturated heterocycles. The summed E-state index contributed by atoms with van der Waals surface area (Å²) in [5.41, 5.74) is 1.41. The summed E-state index contributed by atoms with van der Waals surface area (Å²) >= 11 is 0. The largest absolute Gasteiger partial charge is 0.493 e. The average molecular weight is 281 g/mol. The predicted molar refractivity (Wildman–Crippen MR) is 81.5 cm³/mol. The van der Waals surface area contributed by atoms with Gasteiger partial charge in [-0.1, -0.05) is 19.9 Å². The van der Waals surface area contributed by atoms with Gasteiger partial charge in [0, 0.05) is 26.8 Å². The second-order valence-corrected chi connectivity index (χ2v) is 5.70. The van der Waals surface area contributed by atoms with Crippen molar-refractivity contribution in [3.05, 3.63) is 23.8 Å². The van der Waals surface area contributed by atoms with E-state index < -0.39 is 0 Å². The minimum atomic E-state index is 0.229. The molecule has 0 bridgehead atoms. The summed E-state index contributed by atoms with van der Waals surface area (Å²) in [7, 11) is 5.05. The Kier molecular flexibility index (Phi) is 6.82. The molecule has 0 spiro atoms. The van der Waals surface area contributed by atoms with Crippen molar-refractivity contribution >= 4 is 0 Å². The van der Waals surface area contributed by atoms with Crippen molar-refractivity contribution in [3.8, 4) is 11.5 Å². The molecule has 0 aliphatic rings. The maximum absolute atomic E-state index is 5.31. The third kappa shape index (κ3) is 5.39. The van der Waals surface area contributed by atoms with E-state index in [0.717, 1.165) is 37.6 Å². The van der Waals surface area contributed by atoms with Crippen molar-refractivity contribution in [2.45, 2.75) is 26.8 Å². The monoisotopic (exact) mass is 281 g/mol. The van der Waals surface area contributed by atoms with E-state index in [2.05, 4.69) is 25.2 Å². The molecular weight excluding hydrogens is 254 g/mol. The van der Waals surface area contributed by atoms with Gasteiger partial charge in [-0.3, -0.25) is 0 Å². The summed E-state index contributed by atoms with van der Waals surface area (Å²) in [5, 5.41) is 3.49. The number of rotatable bonds is 9. The van der Waals surface area contributed by atoms with Gasteiger partial charge in [0.15, 0.2) is 11.5 Å². The number of hydrogen-bond donors (Lipinski definition) is 1. The fourth-order valence-electron chi connectivity index (χ4n) is 2.00. The minimum Gasteiger partial charge on any atom is -0.493 e. The van der Waals surface area contributed by atoms with Gasteiger partial charge in [0.25, 0.3) is 0 Å². The molecule has 114 valence electrons. The standard InChI is InChI=1S/C16H27NO3/c1-16(2,8-9-18-3)12-17-11-13-6-7-14(19-4)15(10-13)20-5/h6-7,10,17H,8-9,11-12H2,1-5H3. The van der Waals surface area contributed by atoms with Crippen molar-refractivity contribution in [1.82, 2.24) is 5.32 Å². The van der Waals surface area contributed by atoms with Crippen LogP contribution in [0.1, 0.15) is 25.8 Å².